The Bertz CT molecular complexity index is 1260. The van der Waals surface area contributed by atoms with Crippen LogP contribution in [0.15, 0.2) is 48.5 Å². The van der Waals surface area contributed by atoms with Gasteiger partial charge in [-0.2, -0.15) is 15.0 Å². The summed E-state index contributed by atoms with van der Waals surface area (Å²) in [6, 6.07) is 13.3. The van der Waals surface area contributed by atoms with Gasteiger partial charge in [-0.05, 0) is 31.2 Å². The van der Waals surface area contributed by atoms with E-state index in [9.17, 15) is 14.7 Å². The number of aliphatic carboxylic acids is 1. The standard InChI is InChI=1S/C27H35N7O7/c1-18(24(36)37)30-26-32-25(33-27(34-26)31-20-9-10-21(38-2)22(17-20)39-3)29-12-14-41-16-15-40-13-11-28-23(35)19-7-5-4-6-8-19/h4-10,17-18H,11-16H2,1-3H3,(H,28,35)(H,36,37)(H3,29,30,31,32,33,34)/t18-/m0/s1. The van der Waals surface area contributed by atoms with Crippen LogP contribution in [0.1, 0.15) is 17.3 Å². The van der Waals surface area contributed by atoms with Crippen molar-refractivity contribution >= 4 is 35.4 Å². The van der Waals surface area contributed by atoms with E-state index < -0.39 is 12.0 Å². The summed E-state index contributed by atoms with van der Waals surface area (Å²) >= 11 is 0. The third-order valence-electron chi connectivity index (χ3n) is 5.46. The highest BCUT2D eigenvalue weighted by Gasteiger charge is 2.15. The van der Waals surface area contributed by atoms with Gasteiger partial charge in [0, 0.05) is 30.4 Å². The van der Waals surface area contributed by atoms with E-state index in [1.807, 2.05) is 18.2 Å². The number of carboxylic acids is 1. The van der Waals surface area contributed by atoms with Crippen LogP contribution in [0.3, 0.4) is 0 Å². The fourth-order valence-corrected chi connectivity index (χ4v) is 3.36. The Hall–Kier alpha value is -4.69. The van der Waals surface area contributed by atoms with Gasteiger partial charge in [-0.25, -0.2) is 0 Å². The summed E-state index contributed by atoms with van der Waals surface area (Å²) in [5.41, 5.74) is 1.23. The Morgan fingerprint density at radius 3 is 2.17 bits per heavy atom. The van der Waals surface area contributed by atoms with Crippen LogP contribution in [-0.4, -0.2) is 91.7 Å². The van der Waals surface area contributed by atoms with Crippen molar-refractivity contribution in [3.8, 4) is 11.5 Å². The van der Waals surface area contributed by atoms with E-state index in [2.05, 4.69) is 36.2 Å². The van der Waals surface area contributed by atoms with Gasteiger partial charge in [-0.1, -0.05) is 18.2 Å². The Morgan fingerprint density at radius 2 is 1.49 bits per heavy atom. The summed E-state index contributed by atoms with van der Waals surface area (Å²) in [6.07, 6.45) is 0. The van der Waals surface area contributed by atoms with Crippen molar-refractivity contribution in [2.24, 2.45) is 0 Å². The lowest BCUT2D eigenvalue weighted by Crippen LogP contribution is -2.27. The lowest BCUT2D eigenvalue weighted by molar-refractivity contribution is -0.137. The van der Waals surface area contributed by atoms with E-state index in [1.165, 1.54) is 14.0 Å². The normalized spacial score (nSPS) is 11.3. The van der Waals surface area contributed by atoms with Crippen LogP contribution < -0.4 is 30.7 Å². The number of hydrogen-bond acceptors (Lipinski definition) is 12. The number of nitrogens with zero attached hydrogens (tertiary/aromatic N) is 3. The largest absolute Gasteiger partial charge is 0.493 e. The fourth-order valence-electron chi connectivity index (χ4n) is 3.36. The number of methoxy groups -OCH3 is 2. The Labute approximate surface area is 237 Å². The molecule has 0 aliphatic heterocycles. The van der Waals surface area contributed by atoms with Crippen LogP contribution in [0.2, 0.25) is 0 Å². The van der Waals surface area contributed by atoms with E-state index in [1.54, 1.807) is 37.4 Å². The number of carbonyl (C=O) groups is 2. The van der Waals surface area contributed by atoms with Crippen molar-refractivity contribution in [3.05, 3.63) is 54.1 Å². The quantitative estimate of drug-likeness (QED) is 0.141. The van der Waals surface area contributed by atoms with Crippen LogP contribution in [-0.2, 0) is 14.3 Å². The highest BCUT2D eigenvalue weighted by atomic mass is 16.5. The average Bonchev–Trinajstić information content (AvgIpc) is 2.98. The SMILES string of the molecule is COc1ccc(Nc2nc(NCCOCCOCCNC(=O)c3ccccc3)nc(N[C@@H](C)C(=O)O)n2)cc1OC. The molecule has 0 fully saturated rings. The number of amides is 1. The number of rotatable bonds is 18. The van der Waals surface area contributed by atoms with Crippen molar-refractivity contribution in [3.63, 3.8) is 0 Å². The Morgan fingerprint density at radius 1 is 0.829 bits per heavy atom. The molecule has 1 heterocycles. The first kappa shape index (κ1) is 30.8. The van der Waals surface area contributed by atoms with Crippen LogP contribution in [0, 0.1) is 0 Å². The minimum Gasteiger partial charge on any atom is -0.493 e. The van der Waals surface area contributed by atoms with Gasteiger partial charge in [0.05, 0.1) is 40.6 Å². The summed E-state index contributed by atoms with van der Waals surface area (Å²) in [4.78, 5) is 36.2. The van der Waals surface area contributed by atoms with E-state index in [-0.39, 0.29) is 23.8 Å². The van der Waals surface area contributed by atoms with Crippen molar-refractivity contribution in [1.82, 2.24) is 20.3 Å². The van der Waals surface area contributed by atoms with Crippen LogP contribution in [0.5, 0.6) is 11.5 Å². The van der Waals surface area contributed by atoms with Gasteiger partial charge in [0.25, 0.3) is 5.91 Å². The second-order valence-electron chi connectivity index (χ2n) is 8.48. The van der Waals surface area contributed by atoms with Crippen molar-refractivity contribution < 1.29 is 33.6 Å². The molecule has 41 heavy (non-hydrogen) atoms. The first-order valence-electron chi connectivity index (χ1n) is 12.9. The molecule has 0 saturated heterocycles. The number of nitrogens with one attached hydrogen (secondary N) is 4. The lowest BCUT2D eigenvalue weighted by Gasteiger charge is -2.14. The molecule has 0 spiro atoms. The van der Waals surface area contributed by atoms with E-state index >= 15 is 0 Å². The monoisotopic (exact) mass is 569 g/mol. The maximum atomic E-state index is 12.0. The molecule has 1 atom stereocenters. The molecule has 2 aromatic carbocycles. The molecule has 3 rings (SSSR count). The molecule has 1 aromatic heterocycles. The number of aromatic nitrogens is 3. The fraction of sp³-hybridized carbons (Fsp3) is 0.370. The lowest BCUT2D eigenvalue weighted by atomic mass is 10.2. The predicted octanol–water partition coefficient (Wildman–Crippen LogP) is 2.39. The molecule has 220 valence electrons. The smallest absolute Gasteiger partial charge is 0.325 e. The Balaban J connectivity index is 1.44. The second kappa shape index (κ2) is 16.4. The topological polar surface area (TPSA) is 178 Å². The van der Waals surface area contributed by atoms with Gasteiger partial charge in [0.2, 0.25) is 17.8 Å². The summed E-state index contributed by atoms with van der Waals surface area (Å²) in [6.45, 7) is 3.69. The number of carbonyl (C=O) groups excluding carboxylic acids is 1. The molecule has 0 unspecified atom stereocenters. The van der Waals surface area contributed by atoms with Crippen molar-refractivity contribution in [2.75, 3.05) is 69.7 Å². The number of anilines is 4. The van der Waals surface area contributed by atoms with E-state index in [0.29, 0.717) is 62.3 Å². The molecule has 5 N–H and O–H groups in total. The summed E-state index contributed by atoms with van der Waals surface area (Å²) in [7, 11) is 3.07. The summed E-state index contributed by atoms with van der Waals surface area (Å²) < 4.78 is 21.7. The predicted molar refractivity (Wildman–Crippen MR) is 152 cm³/mol. The highest BCUT2D eigenvalue weighted by Crippen LogP contribution is 2.30. The zero-order chi connectivity index (χ0) is 29.5. The van der Waals surface area contributed by atoms with Crippen molar-refractivity contribution in [1.29, 1.82) is 0 Å². The van der Waals surface area contributed by atoms with Gasteiger partial charge in [0.1, 0.15) is 6.04 Å². The third-order valence-corrected chi connectivity index (χ3v) is 5.46. The Kier molecular flexibility index (Phi) is 12.4. The van der Waals surface area contributed by atoms with Gasteiger partial charge in [-0.3, -0.25) is 9.59 Å². The molecule has 0 aliphatic carbocycles. The first-order valence-corrected chi connectivity index (χ1v) is 12.9. The molecule has 1 amide bonds. The van der Waals surface area contributed by atoms with Crippen LogP contribution in [0.25, 0.3) is 0 Å². The van der Waals surface area contributed by atoms with Crippen LogP contribution in [0.4, 0.5) is 23.5 Å². The van der Waals surface area contributed by atoms with Crippen molar-refractivity contribution in [2.45, 2.75) is 13.0 Å². The molecule has 14 nitrogen and oxygen atoms in total. The summed E-state index contributed by atoms with van der Waals surface area (Å²) in [5.74, 6) is 0.362. The van der Waals surface area contributed by atoms with Gasteiger partial charge >= 0.3 is 5.97 Å². The van der Waals surface area contributed by atoms with Gasteiger partial charge < -0.3 is 45.3 Å². The molecule has 0 aliphatic rings. The van der Waals surface area contributed by atoms with E-state index in [0.717, 1.165) is 0 Å². The summed E-state index contributed by atoms with van der Waals surface area (Å²) in [5, 5.41) is 20.9. The minimum atomic E-state index is -1.05. The number of carboxylic acid groups (broad SMARTS) is 1. The number of benzene rings is 2. The van der Waals surface area contributed by atoms with Gasteiger partial charge in [0.15, 0.2) is 11.5 Å². The molecular formula is C27H35N7O7. The zero-order valence-corrected chi connectivity index (χ0v) is 23.2. The molecule has 0 saturated carbocycles. The molecular weight excluding hydrogens is 534 g/mol. The maximum Gasteiger partial charge on any atom is 0.325 e. The second-order valence-corrected chi connectivity index (χ2v) is 8.48. The highest BCUT2D eigenvalue weighted by molar-refractivity contribution is 5.94. The van der Waals surface area contributed by atoms with E-state index in [4.69, 9.17) is 18.9 Å². The first-order chi connectivity index (χ1) is 19.9. The number of hydrogen-bond donors (Lipinski definition) is 5. The third kappa shape index (κ3) is 10.4. The van der Waals surface area contributed by atoms with Crippen LogP contribution >= 0.6 is 0 Å². The zero-order valence-electron chi connectivity index (χ0n) is 23.2. The molecule has 14 heteroatoms. The minimum absolute atomic E-state index is 0.0778. The molecule has 3 aromatic rings. The maximum absolute atomic E-state index is 12.0. The number of ether oxygens (including phenoxy) is 4. The van der Waals surface area contributed by atoms with Gasteiger partial charge in [-0.15, -0.1) is 0 Å². The molecule has 0 bridgehead atoms. The molecule has 0 radical (unpaired) electrons. The average molecular weight is 570 g/mol.